The second-order valence-corrected chi connectivity index (χ2v) is 10.0. The molecule has 2 aromatic rings. The van der Waals surface area contributed by atoms with Crippen LogP contribution in [0.15, 0.2) is 48.6 Å². The van der Waals surface area contributed by atoms with Crippen LogP contribution in [0.2, 0.25) is 0 Å². The SMILES string of the molecule is C/C=C/CCC1CCC2CC(c3ccc(C#Cc4cc(F)c(C(F)(F)F)c(F)c4)cc3)CCC2C1. The molecule has 0 aliphatic heterocycles. The molecule has 4 rings (SSSR count). The predicted octanol–water partition coefficient (Wildman–Crippen LogP) is 9.04. The Labute approximate surface area is 204 Å². The molecule has 0 bridgehead atoms. The molecule has 0 spiro atoms. The third-order valence-corrected chi connectivity index (χ3v) is 7.76. The zero-order chi connectivity index (χ0) is 25.0. The number of benzene rings is 2. The van der Waals surface area contributed by atoms with Crippen LogP contribution in [-0.4, -0.2) is 0 Å². The first-order chi connectivity index (χ1) is 16.7. The van der Waals surface area contributed by atoms with E-state index in [4.69, 9.17) is 0 Å². The third kappa shape index (κ3) is 6.34. The highest BCUT2D eigenvalue weighted by Crippen LogP contribution is 2.48. The molecule has 186 valence electrons. The summed E-state index contributed by atoms with van der Waals surface area (Å²) in [5.74, 6) is 5.14. The van der Waals surface area contributed by atoms with Gasteiger partial charge in [-0.2, -0.15) is 13.2 Å². The molecule has 0 nitrogen and oxygen atoms in total. The van der Waals surface area contributed by atoms with Gasteiger partial charge in [-0.3, -0.25) is 0 Å². The second kappa shape index (κ2) is 11.0. The van der Waals surface area contributed by atoms with E-state index >= 15 is 0 Å². The monoisotopic (exact) mass is 486 g/mol. The minimum atomic E-state index is -5.08. The maximum Gasteiger partial charge on any atom is 0.422 e. The zero-order valence-electron chi connectivity index (χ0n) is 20.0. The fourth-order valence-electron chi connectivity index (χ4n) is 5.95. The smallest absolute Gasteiger partial charge is 0.206 e. The summed E-state index contributed by atoms with van der Waals surface area (Å²) >= 11 is 0. The van der Waals surface area contributed by atoms with Crippen molar-refractivity contribution >= 4 is 0 Å². The van der Waals surface area contributed by atoms with E-state index in [0.29, 0.717) is 23.6 Å². The number of allylic oxidation sites excluding steroid dienone is 2. The van der Waals surface area contributed by atoms with Crippen molar-refractivity contribution in [3.05, 3.63) is 82.4 Å². The molecule has 35 heavy (non-hydrogen) atoms. The Morgan fingerprint density at radius 1 is 0.857 bits per heavy atom. The van der Waals surface area contributed by atoms with E-state index in [0.717, 1.165) is 17.8 Å². The van der Waals surface area contributed by atoms with E-state index in [1.54, 1.807) is 0 Å². The highest BCUT2D eigenvalue weighted by Gasteiger charge is 2.38. The largest absolute Gasteiger partial charge is 0.422 e. The van der Waals surface area contributed by atoms with Gasteiger partial charge in [0.2, 0.25) is 0 Å². The van der Waals surface area contributed by atoms with Gasteiger partial charge in [0, 0.05) is 11.1 Å². The Bertz CT molecular complexity index is 1080. The second-order valence-electron chi connectivity index (χ2n) is 10.0. The van der Waals surface area contributed by atoms with Crippen molar-refractivity contribution in [2.45, 2.75) is 70.4 Å². The number of halogens is 5. The van der Waals surface area contributed by atoms with Crippen LogP contribution in [0.25, 0.3) is 0 Å². The lowest BCUT2D eigenvalue weighted by Gasteiger charge is -2.42. The lowest BCUT2D eigenvalue weighted by Crippen LogP contribution is -2.30. The fraction of sp³-hybridized carbons (Fsp3) is 0.467. The minimum absolute atomic E-state index is 0.128. The number of hydrogen-bond acceptors (Lipinski definition) is 0. The summed E-state index contributed by atoms with van der Waals surface area (Å²) in [6, 6.07) is 9.13. The van der Waals surface area contributed by atoms with Crippen molar-refractivity contribution in [1.82, 2.24) is 0 Å². The van der Waals surface area contributed by atoms with Gasteiger partial charge in [0.25, 0.3) is 0 Å². The van der Waals surface area contributed by atoms with Crippen molar-refractivity contribution in [2.75, 3.05) is 0 Å². The average Bonchev–Trinajstić information content (AvgIpc) is 2.81. The molecule has 2 fully saturated rings. The van der Waals surface area contributed by atoms with E-state index in [2.05, 4.69) is 43.0 Å². The number of fused-ring (bicyclic) bond motifs is 1. The van der Waals surface area contributed by atoms with Crippen molar-refractivity contribution in [1.29, 1.82) is 0 Å². The predicted molar refractivity (Wildman–Crippen MR) is 129 cm³/mol. The lowest BCUT2D eigenvalue weighted by molar-refractivity contribution is -0.142. The number of rotatable bonds is 4. The molecular formula is C30H31F5. The molecule has 4 unspecified atom stereocenters. The van der Waals surface area contributed by atoms with Gasteiger partial charge in [-0.15, -0.1) is 0 Å². The van der Waals surface area contributed by atoms with Gasteiger partial charge < -0.3 is 0 Å². The van der Waals surface area contributed by atoms with E-state index in [-0.39, 0.29) is 5.56 Å². The molecule has 0 saturated heterocycles. The number of hydrogen-bond donors (Lipinski definition) is 0. The van der Waals surface area contributed by atoms with E-state index in [9.17, 15) is 22.0 Å². The molecule has 2 aromatic carbocycles. The van der Waals surface area contributed by atoms with Crippen LogP contribution < -0.4 is 0 Å². The topological polar surface area (TPSA) is 0 Å². The summed E-state index contributed by atoms with van der Waals surface area (Å²) in [4.78, 5) is 0. The number of alkyl halides is 3. The van der Waals surface area contributed by atoms with Gasteiger partial charge in [0.05, 0.1) is 0 Å². The average molecular weight is 487 g/mol. The molecular weight excluding hydrogens is 455 g/mol. The van der Waals surface area contributed by atoms with Gasteiger partial charge in [-0.05, 0) is 105 Å². The highest BCUT2D eigenvalue weighted by atomic mass is 19.4. The Balaban J connectivity index is 1.37. The van der Waals surface area contributed by atoms with Crippen molar-refractivity contribution in [3.63, 3.8) is 0 Å². The van der Waals surface area contributed by atoms with E-state index < -0.39 is 23.4 Å². The Kier molecular flexibility index (Phi) is 7.99. The van der Waals surface area contributed by atoms with Crippen molar-refractivity contribution < 1.29 is 22.0 Å². The van der Waals surface area contributed by atoms with Gasteiger partial charge in [-0.25, -0.2) is 8.78 Å². The summed E-state index contributed by atoms with van der Waals surface area (Å²) in [5, 5.41) is 0. The Hall–Kier alpha value is -2.61. The molecule has 0 heterocycles. The fourth-order valence-corrected chi connectivity index (χ4v) is 5.95. The summed E-state index contributed by atoms with van der Waals surface area (Å²) in [5.41, 5.74) is -0.0680. The molecule has 2 aliphatic rings. The molecule has 0 N–H and O–H groups in total. The standard InChI is InChI=1S/C30H31F5/c1-2-3-4-5-21-10-13-26-19-25(15-14-24(26)16-21)23-11-8-20(9-12-23)6-7-22-17-27(31)29(28(32)18-22)30(33,34)35/h2-3,8-9,11-12,17-18,21,24-26H,4-5,10,13-16,19H2,1H3/b3-2+. The van der Waals surface area contributed by atoms with Crippen LogP contribution in [0.1, 0.15) is 86.5 Å². The molecule has 0 amide bonds. The van der Waals surface area contributed by atoms with Gasteiger partial charge in [-0.1, -0.05) is 42.5 Å². The first kappa shape index (κ1) is 25.5. The highest BCUT2D eigenvalue weighted by molar-refractivity contribution is 5.45. The van der Waals surface area contributed by atoms with Crippen LogP contribution >= 0.6 is 0 Å². The summed E-state index contributed by atoms with van der Waals surface area (Å²) in [6.07, 6.45) is 9.57. The molecule has 0 aromatic heterocycles. The van der Waals surface area contributed by atoms with E-state index in [1.807, 2.05) is 12.1 Å². The van der Waals surface area contributed by atoms with Crippen molar-refractivity contribution in [2.24, 2.45) is 17.8 Å². The van der Waals surface area contributed by atoms with Crippen LogP contribution in [0.3, 0.4) is 0 Å². The Morgan fingerprint density at radius 2 is 1.49 bits per heavy atom. The molecule has 2 aliphatic carbocycles. The summed E-state index contributed by atoms with van der Waals surface area (Å²) in [6.45, 7) is 2.08. The maximum absolute atomic E-state index is 13.8. The molecule has 5 heteroatoms. The normalized spacial score (nSPS) is 24.6. The molecule has 2 saturated carbocycles. The van der Waals surface area contributed by atoms with Crippen LogP contribution in [0, 0.1) is 41.2 Å². The first-order valence-electron chi connectivity index (χ1n) is 12.5. The van der Waals surface area contributed by atoms with Gasteiger partial charge in [0.1, 0.15) is 17.2 Å². The quantitative estimate of drug-likeness (QED) is 0.230. The molecule has 4 atom stereocenters. The Morgan fingerprint density at radius 3 is 2.14 bits per heavy atom. The van der Waals surface area contributed by atoms with Gasteiger partial charge >= 0.3 is 6.18 Å². The van der Waals surface area contributed by atoms with E-state index in [1.165, 1.54) is 56.9 Å². The third-order valence-electron chi connectivity index (χ3n) is 7.76. The van der Waals surface area contributed by atoms with Crippen LogP contribution in [0.5, 0.6) is 0 Å². The summed E-state index contributed by atoms with van der Waals surface area (Å²) in [7, 11) is 0. The molecule has 0 radical (unpaired) electrons. The van der Waals surface area contributed by atoms with Crippen molar-refractivity contribution in [3.8, 4) is 11.8 Å². The first-order valence-corrected chi connectivity index (χ1v) is 12.5. The summed E-state index contributed by atoms with van der Waals surface area (Å²) < 4.78 is 65.7. The maximum atomic E-state index is 13.8. The lowest BCUT2D eigenvalue weighted by atomic mass is 9.63. The van der Waals surface area contributed by atoms with Gasteiger partial charge in [0.15, 0.2) is 0 Å². The minimum Gasteiger partial charge on any atom is -0.206 e. The van der Waals surface area contributed by atoms with Crippen LogP contribution in [0.4, 0.5) is 22.0 Å². The zero-order valence-corrected chi connectivity index (χ0v) is 20.0. The van der Waals surface area contributed by atoms with Crippen LogP contribution in [-0.2, 0) is 6.18 Å².